The Balaban J connectivity index is 3.29. The summed E-state index contributed by atoms with van der Waals surface area (Å²) in [6, 6.07) is -6.12. The number of nitrogens with one attached hydrogen (secondary N) is 10. The molecule has 0 bridgehead atoms. The number of carbonyl (C=O) groups is 10. The lowest BCUT2D eigenvalue weighted by Crippen LogP contribution is -2.66. The largest absolute Gasteiger partial charge is 0.390 e. The zero-order valence-electron chi connectivity index (χ0n) is 50.5. The molecule has 0 saturated carbocycles. The Kier molecular flexibility index (Phi) is 28.7. The van der Waals surface area contributed by atoms with Crippen molar-refractivity contribution in [1.82, 2.24) is 58.1 Å². The van der Waals surface area contributed by atoms with Gasteiger partial charge in [-0.3, -0.25) is 47.9 Å². The molecule has 10 amide bonds. The molecule has 0 aromatic rings. The summed E-state index contributed by atoms with van der Waals surface area (Å²) in [5.74, 6) is -7.01. The van der Waals surface area contributed by atoms with Gasteiger partial charge in [0.15, 0.2) is 0 Å². The summed E-state index contributed by atoms with van der Waals surface area (Å²) in [6.07, 6.45) is 3.48. The molecule has 7 unspecified atom stereocenters. The molecule has 1 saturated heterocycles. The van der Waals surface area contributed by atoms with Crippen molar-refractivity contribution >= 4 is 59.1 Å². The maximum atomic E-state index is 14.2. The second-order valence-corrected chi connectivity index (χ2v) is 24.7. The first-order valence-electron chi connectivity index (χ1n) is 28.0. The molecule has 1 aliphatic rings. The second kappa shape index (κ2) is 31.8. The molecule has 0 radical (unpaired) electrons. The number of aliphatic hydroxyl groups is 1. The fourth-order valence-electron chi connectivity index (χ4n) is 8.55. The van der Waals surface area contributed by atoms with E-state index in [4.69, 9.17) is 0 Å². The Morgan fingerprint density at radius 3 is 1.62 bits per heavy atom. The number of likely N-dealkylation sites (tertiary alicyclic amines) is 1. The van der Waals surface area contributed by atoms with Crippen LogP contribution in [0.5, 0.6) is 0 Å². The second-order valence-electron chi connectivity index (χ2n) is 24.7. The average molecular weight is 1100 g/mol. The van der Waals surface area contributed by atoms with E-state index in [1.165, 1.54) is 52.5 Å². The van der Waals surface area contributed by atoms with E-state index in [9.17, 15) is 53.1 Å². The van der Waals surface area contributed by atoms with E-state index in [1.54, 1.807) is 20.9 Å². The van der Waals surface area contributed by atoms with Crippen LogP contribution in [0.25, 0.3) is 0 Å². The van der Waals surface area contributed by atoms with Gasteiger partial charge in [-0.2, -0.15) is 0 Å². The van der Waals surface area contributed by atoms with Gasteiger partial charge in [0, 0.05) is 32.1 Å². The number of nitrogens with zero attached hydrogens (tertiary/aromatic N) is 1. The minimum Gasteiger partial charge on any atom is -0.390 e. The first-order chi connectivity index (χ1) is 35.9. The van der Waals surface area contributed by atoms with Crippen LogP contribution >= 0.6 is 0 Å². The topological polar surface area (TPSA) is 314 Å². The number of hydrogen-bond donors (Lipinski definition) is 11. The van der Waals surface area contributed by atoms with Crippen molar-refractivity contribution in [3.05, 3.63) is 12.2 Å². The predicted octanol–water partition coefficient (Wildman–Crippen LogP) is 1.83. The Morgan fingerprint density at radius 1 is 0.615 bits per heavy atom. The van der Waals surface area contributed by atoms with Crippen LogP contribution in [0, 0.1) is 35.5 Å². The average Bonchev–Trinajstić information content (AvgIpc) is 3.71. The van der Waals surface area contributed by atoms with Gasteiger partial charge in [0.2, 0.25) is 59.1 Å². The molecular formula is C56H101N11O11. The number of aliphatic hydroxyl groups excluding tert-OH is 1. The van der Waals surface area contributed by atoms with Crippen LogP contribution in [0.2, 0.25) is 0 Å². The van der Waals surface area contributed by atoms with Gasteiger partial charge in [0.1, 0.15) is 46.8 Å². The molecule has 11 N–H and O–H groups in total. The van der Waals surface area contributed by atoms with E-state index in [0.29, 0.717) is 19.5 Å². The molecule has 1 fully saturated rings. The fraction of sp³-hybridized carbons (Fsp3) is 0.786. The lowest BCUT2D eigenvalue weighted by molar-refractivity contribution is -0.140. The Morgan fingerprint density at radius 2 is 1.10 bits per heavy atom. The van der Waals surface area contributed by atoms with Crippen LogP contribution in [0.1, 0.15) is 163 Å². The third-order valence-electron chi connectivity index (χ3n) is 13.5. The molecular weight excluding hydrogens is 1000 g/mol. The molecule has 0 aromatic carbocycles. The lowest BCUT2D eigenvalue weighted by Gasteiger charge is -2.34. The van der Waals surface area contributed by atoms with E-state index >= 15 is 0 Å². The summed E-state index contributed by atoms with van der Waals surface area (Å²) >= 11 is 0. The molecule has 446 valence electrons. The van der Waals surface area contributed by atoms with Crippen LogP contribution in [-0.2, 0) is 47.9 Å². The van der Waals surface area contributed by atoms with Gasteiger partial charge in [0.05, 0.1) is 6.10 Å². The van der Waals surface area contributed by atoms with Gasteiger partial charge in [-0.25, -0.2) is 0 Å². The highest BCUT2D eigenvalue weighted by atomic mass is 16.3. The fourth-order valence-corrected chi connectivity index (χ4v) is 8.55. The molecule has 1 aliphatic heterocycles. The number of carbonyl (C=O) groups excluding carboxylic acids is 10. The molecule has 0 spiro atoms. The summed E-state index contributed by atoms with van der Waals surface area (Å²) in [5.41, 5.74) is -4.81. The van der Waals surface area contributed by atoms with Crippen LogP contribution in [-0.4, -0.2) is 155 Å². The van der Waals surface area contributed by atoms with Gasteiger partial charge in [-0.05, 0) is 123 Å². The predicted molar refractivity (Wildman–Crippen MR) is 301 cm³/mol. The minimum atomic E-state index is -1.76. The summed E-state index contributed by atoms with van der Waals surface area (Å²) < 4.78 is 0. The van der Waals surface area contributed by atoms with Gasteiger partial charge in [-0.15, -0.1) is 0 Å². The third kappa shape index (κ3) is 23.8. The standard InChI is InChI=1S/C56H101N11O11/c1-20-35(10)21-22-43(69)67-30-36(11)28-41(67)49(74)61-38(25-31(2)3)47(72)63-44(45(70)34(8)9)50(75)65-55(15,16)52(77)62-39(26-32(4)5)46(71)60-40(27-33(6)7)48(73)64-56(17,18)53(78)66-54(13,14)51(76)58-24-23-42(68)59-37(12)29-57-19/h21-22,31-41,44-45,57,70H,20,23-30H2,1-19H3,(H,58,76)(H,59,68)(H,60,71)(H,61,74)(H,62,77)(H,63,72)(H,64,73)(H,65,75)(H,66,78)/t35-,36+,37?,38?,39?,40?,41?,44?,45?/m0/s1. The van der Waals surface area contributed by atoms with Crippen molar-refractivity contribution in [2.75, 3.05) is 26.7 Å². The van der Waals surface area contributed by atoms with Gasteiger partial charge < -0.3 is 63.2 Å². The normalized spacial score (nSPS) is 17.8. The van der Waals surface area contributed by atoms with E-state index < -0.39 is 106 Å². The number of hydrogen-bond acceptors (Lipinski definition) is 12. The van der Waals surface area contributed by atoms with Crippen molar-refractivity contribution < 1.29 is 53.1 Å². The van der Waals surface area contributed by atoms with Crippen molar-refractivity contribution in [2.24, 2.45) is 35.5 Å². The summed E-state index contributed by atoms with van der Waals surface area (Å²) in [6.45, 7) is 31.7. The van der Waals surface area contributed by atoms with Crippen molar-refractivity contribution in [3.63, 3.8) is 0 Å². The van der Waals surface area contributed by atoms with Crippen molar-refractivity contribution in [1.29, 1.82) is 0 Å². The van der Waals surface area contributed by atoms with Crippen LogP contribution in [0.15, 0.2) is 12.2 Å². The highest BCUT2D eigenvalue weighted by Crippen LogP contribution is 2.25. The Labute approximate surface area is 465 Å². The molecule has 22 nitrogen and oxygen atoms in total. The van der Waals surface area contributed by atoms with Gasteiger partial charge >= 0.3 is 0 Å². The minimum absolute atomic E-state index is 0.0163. The molecule has 22 heteroatoms. The maximum Gasteiger partial charge on any atom is 0.246 e. The number of allylic oxidation sites excluding steroid dienone is 1. The first-order valence-corrected chi connectivity index (χ1v) is 28.0. The summed E-state index contributed by atoms with van der Waals surface area (Å²) in [5, 5.41) is 38.8. The highest BCUT2D eigenvalue weighted by Gasteiger charge is 2.43. The molecule has 1 rings (SSSR count). The lowest BCUT2D eigenvalue weighted by atomic mass is 9.95. The third-order valence-corrected chi connectivity index (χ3v) is 13.5. The molecule has 0 aromatic heterocycles. The zero-order valence-corrected chi connectivity index (χ0v) is 50.5. The summed E-state index contributed by atoms with van der Waals surface area (Å²) in [7, 11) is 1.77. The Hall–Kier alpha value is -5.64. The van der Waals surface area contributed by atoms with E-state index in [0.717, 1.165) is 6.42 Å². The zero-order chi connectivity index (χ0) is 60.2. The highest BCUT2D eigenvalue weighted by molar-refractivity contribution is 6.00. The molecule has 1 heterocycles. The SMILES string of the molecule is CC[C@H](C)C=CC(=O)N1C[C@H](C)CC1C(=O)NC(CC(C)C)C(=O)NC(C(=O)NC(C)(C)C(=O)NC(CC(C)C)C(=O)NC(CC(C)C)C(=O)NC(C)(C)C(=O)NC(C)(C)C(=O)NCCC(=O)NC(C)CNC)C(O)C(C)C. The summed E-state index contributed by atoms with van der Waals surface area (Å²) in [4.78, 5) is 138. The van der Waals surface area contributed by atoms with Crippen LogP contribution in [0.3, 0.4) is 0 Å². The monoisotopic (exact) mass is 1100 g/mol. The van der Waals surface area contributed by atoms with E-state index in [2.05, 4.69) is 53.2 Å². The van der Waals surface area contributed by atoms with E-state index in [1.807, 2.05) is 75.3 Å². The number of rotatable bonds is 32. The van der Waals surface area contributed by atoms with Crippen LogP contribution in [0.4, 0.5) is 0 Å². The molecule has 0 aliphatic carbocycles. The number of likely N-dealkylation sites (N-methyl/N-ethyl adjacent to an activating group) is 1. The Bertz CT molecular complexity index is 2090. The van der Waals surface area contributed by atoms with E-state index in [-0.39, 0.29) is 79.7 Å². The van der Waals surface area contributed by atoms with Gasteiger partial charge in [-0.1, -0.05) is 88.7 Å². The van der Waals surface area contributed by atoms with Crippen molar-refractivity contribution in [2.45, 2.75) is 222 Å². The van der Waals surface area contributed by atoms with Gasteiger partial charge in [0.25, 0.3) is 0 Å². The van der Waals surface area contributed by atoms with Crippen LogP contribution < -0.4 is 53.2 Å². The number of amides is 10. The quantitative estimate of drug-likeness (QED) is 0.0430. The maximum absolute atomic E-state index is 14.2. The molecule has 9 atom stereocenters. The smallest absolute Gasteiger partial charge is 0.246 e. The van der Waals surface area contributed by atoms with Crippen molar-refractivity contribution in [3.8, 4) is 0 Å². The molecule has 78 heavy (non-hydrogen) atoms. The first kappa shape index (κ1) is 70.4.